The average Bonchev–Trinajstić information content (AvgIpc) is 3.09. The molecular formula is C22H34Cl2Si2Zr. The van der Waals surface area contributed by atoms with Crippen LogP contribution in [0.25, 0.3) is 0 Å². The van der Waals surface area contributed by atoms with Crippen LogP contribution in [-0.2, 0) is 26.2 Å². The zero-order chi connectivity index (χ0) is 17.2. The minimum atomic E-state index is -0.896. The van der Waals surface area contributed by atoms with Crippen LogP contribution >= 0.6 is 0 Å². The Labute approximate surface area is 201 Å². The summed E-state index contributed by atoms with van der Waals surface area (Å²) in [4.78, 5) is 0. The standard InChI is InChI=1S/2C11H17Si.2ClH.Zr/c2*1-3-12(7-4-8-12)11-6-5-10(2)9-11;;;/h2*6H,3-5,7-8H2,1-2H3;2*1H;/q2*-1;;;+4/p-2. The van der Waals surface area contributed by atoms with Gasteiger partial charge in [0.05, 0.1) is 0 Å². The Morgan fingerprint density at radius 1 is 0.741 bits per heavy atom. The molecule has 0 aromatic rings. The van der Waals surface area contributed by atoms with Crippen molar-refractivity contribution in [3.05, 3.63) is 45.8 Å². The van der Waals surface area contributed by atoms with E-state index in [1.807, 2.05) is 0 Å². The smallest absolute Gasteiger partial charge is 1.00 e. The van der Waals surface area contributed by atoms with Gasteiger partial charge in [-0.05, 0) is 0 Å². The molecule has 0 spiro atoms. The predicted octanol–water partition coefficient (Wildman–Crippen LogP) is 0.961. The molecule has 0 aromatic carbocycles. The summed E-state index contributed by atoms with van der Waals surface area (Å²) in [5.41, 5.74) is 2.91. The molecule has 27 heavy (non-hydrogen) atoms. The van der Waals surface area contributed by atoms with Crippen molar-refractivity contribution in [2.75, 3.05) is 0 Å². The molecule has 2 heterocycles. The van der Waals surface area contributed by atoms with Crippen molar-refractivity contribution in [1.82, 2.24) is 0 Å². The van der Waals surface area contributed by atoms with Gasteiger partial charge in [-0.3, -0.25) is 12.2 Å². The van der Waals surface area contributed by atoms with E-state index in [4.69, 9.17) is 0 Å². The van der Waals surface area contributed by atoms with Crippen molar-refractivity contribution in [2.24, 2.45) is 0 Å². The van der Waals surface area contributed by atoms with Gasteiger partial charge in [-0.1, -0.05) is 89.6 Å². The van der Waals surface area contributed by atoms with Crippen LogP contribution in [0.15, 0.2) is 33.7 Å². The Bertz CT molecular complexity index is 547. The zero-order valence-corrected chi connectivity index (χ0v) is 23.5. The summed E-state index contributed by atoms with van der Waals surface area (Å²) in [6.07, 6.45) is 17.4. The predicted molar refractivity (Wildman–Crippen MR) is 111 cm³/mol. The van der Waals surface area contributed by atoms with Crippen LogP contribution in [0, 0.1) is 12.2 Å². The van der Waals surface area contributed by atoms with Crippen LogP contribution in [0.3, 0.4) is 0 Å². The van der Waals surface area contributed by atoms with Gasteiger partial charge in [-0.15, -0.1) is 0 Å². The average molecular weight is 517 g/mol. The van der Waals surface area contributed by atoms with E-state index in [9.17, 15) is 0 Å². The molecule has 0 unspecified atom stereocenters. The maximum Gasteiger partial charge on any atom is 4.00 e. The largest absolute Gasteiger partial charge is 4.00 e. The first-order valence-electron chi connectivity index (χ1n) is 10.1. The van der Waals surface area contributed by atoms with E-state index in [-0.39, 0.29) is 51.0 Å². The van der Waals surface area contributed by atoms with Gasteiger partial charge >= 0.3 is 26.2 Å². The van der Waals surface area contributed by atoms with E-state index in [0.717, 1.165) is 0 Å². The summed E-state index contributed by atoms with van der Waals surface area (Å²) >= 11 is 0. The van der Waals surface area contributed by atoms with Gasteiger partial charge in [0, 0.05) is 16.1 Å². The molecule has 0 bridgehead atoms. The molecule has 5 heteroatoms. The van der Waals surface area contributed by atoms with E-state index in [1.165, 1.54) is 73.1 Å². The van der Waals surface area contributed by atoms with Gasteiger partial charge < -0.3 is 24.8 Å². The van der Waals surface area contributed by atoms with Gasteiger partial charge in [0.15, 0.2) is 0 Å². The third-order valence-corrected chi connectivity index (χ3v) is 17.9. The Hall–Kier alpha value is 0.857. The number of rotatable bonds is 4. The van der Waals surface area contributed by atoms with Crippen LogP contribution in [0.1, 0.15) is 53.4 Å². The molecule has 0 saturated carbocycles. The van der Waals surface area contributed by atoms with Crippen LogP contribution in [0.5, 0.6) is 0 Å². The van der Waals surface area contributed by atoms with Crippen LogP contribution in [-0.4, -0.2) is 16.1 Å². The summed E-state index contributed by atoms with van der Waals surface area (Å²) in [6.45, 7) is 9.17. The number of hydrogen-bond donors (Lipinski definition) is 0. The summed E-state index contributed by atoms with van der Waals surface area (Å²) < 4.78 is 0. The van der Waals surface area contributed by atoms with Crippen molar-refractivity contribution < 1.29 is 51.0 Å². The quantitative estimate of drug-likeness (QED) is 0.386. The van der Waals surface area contributed by atoms with Gasteiger partial charge in [0.1, 0.15) is 0 Å². The Morgan fingerprint density at radius 3 is 1.22 bits per heavy atom. The van der Waals surface area contributed by atoms with E-state index in [2.05, 4.69) is 52.0 Å². The number of halogens is 2. The topological polar surface area (TPSA) is 0 Å². The van der Waals surface area contributed by atoms with E-state index < -0.39 is 16.1 Å². The fraction of sp³-hybridized carbons (Fsp3) is 0.636. The molecule has 0 N–H and O–H groups in total. The first-order valence-corrected chi connectivity index (χ1v) is 15.4. The van der Waals surface area contributed by atoms with Crippen molar-refractivity contribution in [1.29, 1.82) is 0 Å². The fourth-order valence-electron chi connectivity index (χ4n) is 4.71. The normalized spacial score (nSPS) is 23.3. The van der Waals surface area contributed by atoms with E-state index in [0.29, 0.717) is 0 Å². The van der Waals surface area contributed by atoms with Gasteiger partial charge in [-0.25, -0.2) is 22.5 Å². The summed E-state index contributed by atoms with van der Waals surface area (Å²) in [5.74, 6) is 0. The molecule has 0 radical (unpaired) electrons. The Balaban J connectivity index is 0.000000451. The third-order valence-electron chi connectivity index (χ3n) is 7.04. The molecule has 2 aliphatic heterocycles. The van der Waals surface area contributed by atoms with Crippen molar-refractivity contribution in [3.63, 3.8) is 0 Å². The van der Waals surface area contributed by atoms with E-state index >= 15 is 0 Å². The second kappa shape index (κ2) is 11.9. The number of allylic oxidation sites excluding steroid dienone is 8. The fourth-order valence-corrected chi connectivity index (χ4v) is 12.4. The zero-order valence-electron chi connectivity index (χ0n) is 17.5. The molecule has 0 amide bonds. The third kappa shape index (κ3) is 5.94. The molecule has 2 fully saturated rings. The first kappa shape index (κ1) is 27.9. The minimum Gasteiger partial charge on any atom is -1.00 e. The van der Waals surface area contributed by atoms with Crippen molar-refractivity contribution in [3.8, 4) is 0 Å². The second-order valence-corrected chi connectivity index (χ2v) is 18.0. The van der Waals surface area contributed by atoms with Crippen LogP contribution < -0.4 is 24.8 Å². The molecule has 2 aliphatic carbocycles. The van der Waals surface area contributed by atoms with Crippen molar-refractivity contribution in [2.45, 2.75) is 89.6 Å². The summed E-state index contributed by atoms with van der Waals surface area (Å²) in [7, 11) is -1.79. The van der Waals surface area contributed by atoms with Crippen LogP contribution in [0.4, 0.5) is 0 Å². The van der Waals surface area contributed by atoms with Crippen molar-refractivity contribution >= 4 is 16.1 Å². The summed E-state index contributed by atoms with van der Waals surface area (Å²) in [5, 5.41) is 3.32. The van der Waals surface area contributed by atoms with Gasteiger partial charge in [0.25, 0.3) is 0 Å². The monoisotopic (exact) mass is 514 g/mol. The molecule has 4 aliphatic rings. The maximum absolute atomic E-state index is 3.59. The summed E-state index contributed by atoms with van der Waals surface area (Å²) in [6, 6.07) is 9.04. The molecular weight excluding hydrogens is 483 g/mol. The van der Waals surface area contributed by atoms with E-state index in [1.54, 1.807) is 10.4 Å². The molecule has 0 nitrogen and oxygen atoms in total. The first-order chi connectivity index (χ1) is 11.5. The van der Waals surface area contributed by atoms with Crippen LogP contribution in [0.2, 0.25) is 36.3 Å². The molecule has 4 rings (SSSR count). The number of hydrogen-bond acceptors (Lipinski definition) is 0. The molecule has 2 saturated heterocycles. The second-order valence-electron chi connectivity index (χ2n) is 8.43. The minimum absolute atomic E-state index is 0. The SMILES string of the molecule is CC[Si]1(C2=CCC(C)=[C-]2)CCC1.CC[Si]1(C2=CCC(C)=[C-]2)CCC1.[Cl-].[Cl-].[Zr+4]. The van der Waals surface area contributed by atoms with Gasteiger partial charge in [-0.2, -0.15) is 11.1 Å². The Morgan fingerprint density at radius 2 is 1.07 bits per heavy atom. The molecule has 0 atom stereocenters. The molecule has 0 aromatic heterocycles. The molecule has 148 valence electrons. The maximum atomic E-state index is 3.59. The Kier molecular flexibility index (Phi) is 12.3. The van der Waals surface area contributed by atoms with Gasteiger partial charge in [0.2, 0.25) is 0 Å².